The average Bonchev–Trinajstić information content (AvgIpc) is 2.72. The van der Waals surface area contributed by atoms with Gasteiger partial charge in [0, 0.05) is 17.3 Å². The van der Waals surface area contributed by atoms with Crippen molar-refractivity contribution in [2.45, 2.75) is 13.5 Å². The van der Waals surface area contributed by atoms with Gasteiger partial charge in [-0.25, -0.2) is 4.98 Å². The average molecular weight is 268 g/mol. The van der Waals surface area contributed by atoms with Crippen molar-refractivity contribution in [3.05, 3.63) is 45.1 Å². The number of rotatable bonds is 3. The molecule has 0 unspecified atom stereocenters. The first-order chi connectivity index (χ1) is 8.18. The lowest BCUT2D eigenvalue weighted by molar-refractivity contribution is 0.0951. The third-order valence-corrected chi connectivity index (χ3v) is 3.53. The molecule has 0 bridgehead atoms. The fourth-order valence-electron chi connectivity index (χ4n) is 1.30. The molecular weight excluding hydrogens is 258 g/mol. The Balaban J connectivity index is 2.04. The van der Waals surface area contributed by atoms with Crippen molar-refractivity contribution >= 4 is 28.8 Å². The summed E-state index contributed by atoms with van der Waals surface area (Å²) in [6.07, 6.45) is 3.00. The van der Waals surface area contributed by atoms with E-state index in [1.165, 1.54) is 17.5 Å². The van der Waals surface area contributed by atoms with E-state index in [9.17, 15) is 4.79 Å². The molecule has 2 aromatic heterocycles. The number of nitrogens with one attached hydrogen (secondary N) is 1. The van der Waals surface area contributed by atoms with E-state index < -0.39 is 0 Å². The van der Waals surface area contributed by atoms with Gasteiger partial charge >= 0.3 is 0 Å². The van der Waals surface area contributed by atoms with Gasteiger partial charge < -0.3 is 5.32 Å². The number of carbonyl (C=O) groups excluding carboxylic acids is 1. The molecule has 6 heteroatoms. The first kappa shape index (κ1) is 12.0. The van der Waals surface area contributed by atoms with E-state index in [0.717, 1.165) is 10.6 Å². The lowest BCUT2D eigenvalue weighted by Crippen LogP contribution is -2.23. The topological polar surface area (TPSA) is 54.9 Å². The van der Waals surface area contributed by atoms with Crippen LogP contribution in [0.2, 0.25) is 5.02 Å². The smallest absolute Gasteiger partial charge is 0.254 e. The molecule has 0 spiro atoms. The summed E-state index contributed by atoms with van der Waals surface area (Å²) < 4.78 is 0. The molecule has 0 radical (unpaired) electrons. The van der Waals surface area contributed by atoms with E-state index >= 15 is 0 Å². The van der Waals surface area contributed by atoms with Crippen LogP contribution in [0.1, 0.15) is 20.9 Å². The van der Waals surface area contributed by atoms with Gasteiger partial charge in [0.15, 0.2) is 0 Å². The molecular formula is C11H10ClN3OS. The van der Waals surface area contributed by atoms with Crippen LogP contribution in [0.15, 0.2) is 24.0 Å². The Morgan fingerprint density at radius 1 is 1.59 bits per heavy atom. The summed E-state index contributed by atoms with van der Waals surface area (Å²) in [4.78, 5) is 20.8. The first-order valence-corrected chi connectivity index (χ1v) is 6.21. The highest BCUT2D eigenvalue weighted by Gasteiger charge is 2.10. The first-order valence-electron chi connectivity index (χ1n) is 4.95. The van der Waals surface area contributed by atoms with Crippen LogP contribution < -0.4 is 5.32 Å². The number of hydrogen-bond acceptors (Lipinski definition) is 4. The van der Waals surface area contributed by atoms with E-state index in [2.05, 4.69) is 15.3 Å². The van der Waals surface area contributed by atoms with Crippen molar-refractivity contribution in [2.24, 2.45) is 0 Å². The maximum absolute atomic E-state index is 11.8. The SMILES string of the molecule is Cc1ncsc1CNC(=O)c1cnccc1Cl. The summed E-state index contributed by atoms with van der Waals surface area (Å²) in [5.74, 6) is -0.226. The zero-order chi connectivity index (χ0) is 12.3. The molecule has 0 atom stereocenters. The number of carbonyl (C=O) groups is 1. The minimum atomic E-state index is -0.226. The van der Waals surface area contributed by atoms with Crippen molar-refractivity contribution in [1.82, 2.24) is 15.3 Å². The predicted octanol–water partition coefficient (Wildman–Crippen LogP) is 2.43. The maximum atomic E-state index is 11.8. The van der Waals surface area contributed by atoms with Crippen LogP contribution in [-0.2, 0) is 6.54 Å². The molecule has 0 aliphatic heterocycles. The number of aromatic nitrogens is 2. The van der Waals surface area contributed by atoms with Gasteiger partial charge in [-0.15, -0.1) is 11.3 Å². The highest BCUT2D eigenvalue weighted by atomic mass is 35.5. The maximum Gasteiger partial charge on any atom is 0.254 e. The van der Waals surface area contributed by atoms with Gasteiger partial charge in [0.25, 0.3) is 5.91 Å². The van der Waals surface area contributed by atoms with E-state index in [-0.39, 0.29) is 5.91 Å². The van der Waals surface area contributed by atoms with Gasteiger partial charge in [0.05, 0.1) is 28.3 Å². The summed E-state index contributed by atoms with van der Waals surface area (Å²) in [5, 5.41) is 3.19. The third-order valence-electron chi connectivity index (χ3n) is 2.27. The fraction of sp³-hybridized carbons (Fsp3) is 0.182. The number of aryl methyl sites for hydroxylation is 1. The standard InChI is InChI=1S/C11H10ClN3OS/c1-7-10(17-6-15-7)5-14-11(16)8-4-13-3-2-9(8)12/h2-4,6H,5H2,1H3,(H,14,16). The molecule has 88 valence electrons. The van der Waals surface area contributed by atoms with Crippen LogP contribution in [0.3, 0.4) is 0 Å². The van der Waals surface area contributed by atoms with Crippen LogP contribution in [0.25, 0.3) is 0 Å². The minimum absolute atomic E-state index is 0.226. The van der Waals surface area contributed by atoms with Crippen LogP contribution >= 0.6 is 22.9 Å². The molecule has 0 aromatic carbocycles. The molecule has 0 aliphatic carbocycles. The summed E-state index contributed by atoms with van der Waals surface area (Å²) in [6, 6.07) is 1.59. The third kappa shape index (κ3) is 2.81. The normalized spacial score (nSPS) is 10.2. The molecule has 0 saturated heterocycles. The highest BCUT2D eigenvalue weighted by Crippen LogP contribution is 2.15. The predicted molar refractivity (Wildman–Crippen MR) is 67.3 cm³/mol. The Bertz CT molecular complexity index is 541. The zero-order valence-electron chi connectivity index (χ0n) is 9.11. The van der Waals surface area contributed by atoms with Crippen LogP contribution in [0.5, 0.6) is 0 Å². The quantitative estimate of drug-likeness (QED) is 0.929. The van der Waals surface area contributed by atoms with Crippen molar-refractivity contribution < 1.29 is 4.79 Å². The van der Waals surface area contributed by atoms with Gasteiger partial charge in [-0.2, -0.15) is 0 Å². The highest BCUT2D eigenvalue weighted by molar-refractivity contribution is 7.09. The van der Waals surface area contributed by atoms with Crippen molar-refractivity contribution in [2.75, 3.05) is 0 Å². The summed E-state index contributed by atoms with van der Waals surface area (Å²) >= 11 is 7.42. The van der Waals surface area contributed by atoms with Crippen LogP contribution in [0, 0.1) is 6.92 Å². The van der Waals surface area contributed by atoms with E-state index in [1.54, 1.807) is 17.8 Å². The summed E-state index contributed by atoms with van der Waals surface area (Å²) in [6.45, 7) is 2.37. The Kier molecular flexibility index (Phi) is 3.71. The Morgan fingerprint density at radius 2 is 2.41 bits per heavy atom. The van der Waals surface area contributed by atoms with Gasteiger partial charge in [-0.1, -0.05) is 11.6 Å². The number of pyridine rings is 1. The lowest BCUT2D eigenvalue weighted by Gasteiger charge is -2.05. The lowest BCUT2D eigenvalue weighted by atomic mass is 10.2. The van der Waals surface area contributed by atoms with Crippen LogP contribution in [-0.4, -0.2) is 15.9 Å². The zero-order valence-corrected chi connectivity index (χ0v) is 10.7. The molecule has 2 rings (SSSR count). The molecule has 17 heavy (non-hydrogen) atoms. The summed E-state index contributed by atoms with van der Waals surface area (Å²) in [7, 11) is 0. The van der Waals surface area contributed by atoms with E-state index in [4.69, 9.17) is 11.6 Å². The number of thiazole rings is 1. The number of halogens is 1. The second-order valence-corrected chi connectivity index (χ2v) is 4.75. The molecule has 1 amide bonds. The molecule has 0 aliphatic rings. The van der Waals surface area contributed by atoms with E-state index in [0.29, 0.717) is 17.1 Å². The molecule has 1 N–H and O–H groups in total. The van der Waals surface area contributed by atoms with Crippen molar-refractivity contribution in [1.29, 1.82) is 0 Å². The molecule has 2 heterocycles. The fourth-order valence-corrected chi connectivity index (χ4v) is 2.20. The summed E-state index contributed by atoms with van der Waals surface area (Å²) in [5.41, 5.74) is 3.08. The monoisotopic (exact) mass is 267 g/mol. The number of nitrogens with zero attached hydrogens (tertiary/aromatic N) is 2. The van der Waals surface area contributed by atoms with Gasteiger partial charge in [0.1, 0.15) is 0 Å². The number of amides is 1. The largest absolute Gasteiger partial charge is 0.347 e. The Hall–Kier alpha value is -1.46. The van der Waals surface area contributed by atoms with E-state index in [1.807, 2.05) is 6.92 Å². The molecule has 0 saturated carbocycles. The minimum Gasteiger partial charge on any atom is -0.347 e. The van der Waals surface area contributed by atoms with Crippen LogP contribution in [0.4, 0.5) is 0 Å². The van der Waals surface area contributed by atoms with Gasteiger partial charge in [0.2, 0.25) is 0 Å². The molecule has 0 fully saturated rings. The van der Waals surface area contributed by atoms with Crippen molar-refractivity contribution in [3.63, 3.8) is 0 Å². The Labute approximate surface area is 108 Å². The van der Waals surface area contributed by atoms with Gasteiger partial charge in [-0.05, 0) is 13.0 Å². The second-order valence-electron chi connectivity index (χ2n) is 3.40. The second kappa shape index (κ2) is 5.25. The van der Waals surface area contributed by atoms with Crippen molar-refractivity contribution in [3.8, 4) is 0 Å². The Morgan fingerprint density at radius 3 is 3.06 bits per heavy atom. The van der Waals surface area contributed by atoms with Gasteiger partial charge in [-0.3, -0.25) is 9.78 Å². The molecule has 4 nitrogen and oxygen atoms in total. The number of hydrogen-bond donors (Lipinski definition) is 1. The molecule has 2 aromatic rings.